The van der Waals surface area contributed by atoms with Gasteiger partial charge in [0.1, 0.15) is 5.76 Å². The van der Waals surface area contributed by atoms with Crippen LogP contribution in [0.15, 0.2) is 69.5 Å². The van der Waals surface area contributed by atoms with E-state index in [1.54, 1.807) is 41.9 Å². The van der Waals surface area contributed by atoms with E-state index in [4.69, 9.17) is 8.83 Å². The van der Waals surface area contributed by atoms with Gasteiger partial charge in [0.15, 0.2) is 5.60 Å². The van der Waals surface area contributed by atoms with Crippen LogP contribution < -0.4 is 5.32 Å². The van der Waals surface area contributed by atoms with Gasteiger partial charge in [-0.25, -0.2) is 4.98 Å². The summed E-state index contributed by atoms with van der Waals surface area (Å²) in [5, 5.41) is 13.9. The lowest BCUT2D eigenvalue weighted by Gasteiger charge is -2.25. The first-order valence-electron chi connectivity index (χ1n) is 7.57. The maximum Gasteiger partial charge on any atom is 0.251 e. The molecule has 0 bridgehead atoms. The Balaban J connectivity index is 1.58. The van der Waals surface area contributed by atoms with E-state index in [9.17, 15) is 9.90 Å². The number of carbonyl (C=O) groups is 1. The highest BCUT2D eigenvalue weighted by molar-refractivity contribution is 7.16. The summed E-state index contributed by atoms with van der Waals surface area (Å²) in [6.07, 6.45) is 4.36. The Morgan fingerprint density at radius 2 is 2.20 bits per heavy atom. The lowest BCUT2D eigenvalue weighted by Crippen LogP contribution is -2.41. The van der Waals surface area contributed by atoms with Gasteiger partial charge in [-0.3, -0.25) is 4.79 Å². The molecule has 25 heavy (non-hydrogen) atoms. The Morgan fingerprint density at radius 1 is 1.28 bits per heavy atom. The smallest absolute Gasteiger partial charge is 0.251 e. The molecule has 7 heteroatoms. The quantitative estimate of drug-likeness (QED) is 0.575. The number of amides is 1. The molecule has 1 amide bonds. The maximum atomic E-state index is 12.5. The Morgan fingerprint density at radius 3 is 2.96 bits per heavy atom. The summed E-state index contributed by atoms with van der Waals surface area (Å²) in [4.78, 5) is 16.7. The minimum Gasteiger partial charge on any atom is -0.472 e. The molecule has 0 spiro atoms. The monoisotopic (exact) mass is 354 g/mol. The number of rotatable bonds is 5. The molecule has 0 saturated heterocycles. The highest BCUT2D eigenvalue weighted by Gasteiger charge is 2.36. The molecule has 0 aliphatic rings. The third-order valence-corrected chi connectivity index (χ3v) is 4.82. The fourth-order valence-corrected chi connectivity index (χ4v) is 3.37. The number of thiazole rings is 1. The summed E-state index contributed by atoms with van der Waals surface area (Å²) in [7, 11) is 0. The first-order valence-corrected chi connectivity index (χ1v) is 8.45. The third kappa shape index (κ3) is 2.84. The molecule has 4 aromatic rings. The molecule has 6 nitrogen and oxygen atoms in total. The average Bonchev–Trinajstić information content (AvgIpc) is 3.40. The largest absolute Gasteiger partial charge is 0.472 e. The number of aliphatic hydroxyl groups is 1. The van der Waals surface area contributed by atoms with Crippen LogP contribution in [-0.2, 0) is 5.60 Å². The van der Waals surface area contributed by atoms with E-state index in [-0.39, 0.29) is 12.5 Å². The van der Waals surface area contributed by atoms with Gasteiger partial charge in [0.2, 0.25) is 0 Å². The van der Waals surface area contributed by atoms with Crippen LogP contribution in [0.5, 0.6) is 0 Å². The van der Waals surface area contributed by atoms with Crippen LogP contribution in [0.2, 0.25) is 0 Å². The van der Waals surface area contributed by atoms with Gasteiger partial charge < -0.3 is 19.3 Å². The Bertz CT molecular complexity index is 955. The standard InChI is InChI=1S/C18H14N2O4S/c21-17(12-3-4-14-15(8-12)25-11-20-14)19-10-18(22,13-5-7-23-9-13)16-2-1-6-24-16/h1-9,11,22H,10H2,(H,19,21). The molecule has 3 heterocycles. The van der Waals surface area contributed by atoms with Gasteiger partial charge in [-0.05, 0) is 36.4 Å². The predicted octanol–water partition coefficient (Wildman–Crippen LogP) is 3.15. The van der Waals surface area contributed by atoms with E-state index in [0.29, 0.717) is 16.9 Å². The van der Waals surface area contributed by atoms with Crippen molar-refractivity contribution in [3.05, 3.63) is 77.6 Å². The minimum absolute atomic E-state index is 0.0559. The topological polar surface area (TPSA) is 88.5 Å². The SMILES string of the molecule is O=C(NCC(O)(c1ccoc1)c1ccco1)c1ccc2ncsc2c1. The van der Waals surface area contributed by atoms with Crippen molar-refractivity contribution < 1.29 is 18.7 Å². The number of nitrogens with zero attached hydrogens (tertiary/aromatic N) is 1. The number of fused-ring (bicyclic) bond motifs is 1. The maximum absolute atomic E-state index is 12.5. The molecule has 0 aliphatic heterocycles. The predicted molar refractivity (Wildman–Crippen MR) is 92.4 cm³/mol. The van der Waals surface area contributed by atoms with Crippen LogP contribution in [0.1, 0.15) is 21.7 Å². The molecule has 0 fully saturated rings. The molecule has 126 valence electrons. The summed E-state index contributed by atoms with van der Waals surface area (Å²) in [6.45, 7) is -0.0559. The highest BCUT2D eigenvalue weighted by Crippen LogP contribution is 2.30. The first-order chi connectivity index (χ1) is 12.2. The summed E-state index contributed by atoms with van der Waals surface area (Å²) < 4.78 is 11.4. The Kier molecular flexibility index (Phi) is 3.87. The van der Waals surface area contributed by atoms with E-state index in [1.807, 2.05) is 0 Å². The molecule has 0 saturated carbocycles. The van der Waals surface area contributed by atoms with Gasteiger partial charge in [0.25, 0.3) is 5.91 Å². The second-order valence-corrected chi connectivity index (χ2v) is 6.45. The average molecular weight is 354 g/mol. The normalized spacial score (nSPS) is 13.6. The van der Waals surface area contributed by atoms with E-state index in [2.05, 4.69) is 10.3 Å². The van der Waals surface area contributed by atoms with Crippen molar-refractivity contribution in [1.29, 1.82) is 0 Å². The highest BCUT2D eigenvalue weighted by atomic mass is 32.1. The van der Waals surface area contributed by atoms with Crippen molar-refractivity contribution in [3.63, 3.8) is 0 Å². The second-order valence-electron chi connectivity index (χ2n) is 5.57. The number of nitrogens with one attached hydrogen (secondary N) is 1. The van der Waals surface area contributed by atoms with E-state index in [0.717, 1.165) is 10.2 Å². The minimum atomic E-state index is -1.51. The van der Waals surface area contributed by atoms with Crippen molar-refractivity contribution in [2.45, 2.75) is 5.60 Å². The van der Waals surface area contributed by atoms with Gasteiger partial charge in [0, 0.05) is 11.1 Å². The first kappa shape index (κ1) is 15.6. The zero-order chi connectivity index (χ0) is 17.3. The van der Waals surface area contributed by atoms with Crippen molar-refractivity contribution in [1.82, 2.24) is 10.3 Å². The van der Waals surface area contributed by atoms with Gasteiger partial charge in [0.05, 0.1) is 41.1 Å². The molecule has 0 aliphatic carbocycles. The summed E-state index contributed by atoms with van der Waals surface area (Å²) in [5.74, 6) is 0.0379. The van der Waals surface area contributed by atoms with Gasteiger partial charge in [-0.15, -0.1) is 11.3 Å². The van der Waals surface area contributed by atoms with Crippen molar-refractivity contribution in [2.24, 2.45) is 0 Å². The van der Waals surface area contributed by atoms with Crippen molar-refractivity contribution in [3.8, 4) is 0 Å². The van der Waals surface area contributed by atoms with Gasteiger partial charge in [-0.2, -0.15) is 0 Å². The van der Waals surface area contributed by atoms with Gasteiger partial charge >= 0.3 is 0 Å². The second kappa shape index (κ2) is 6.19. The van der Waals surface area contributed by atoms with Crippen LogP contribution in [0.4, 0.5) is 0 Å². The number of furan rings is 2. The van der Waals surface area contributed by atoms with E-state index in [1.165, 1.54) is 30.1 Å². The molecule has 2 N–H and O–H groups in total. The van der Waals surface area contributed by atoms with E-state index < -0.39 is 5.60 Å². The summed E-state index contributed by atoms with van der Waals surface area (Å²) in [5.41, 5.74) is 2.08. The number of benzene rings is 1. The lowest BCUT2D eigenvalue weighted by molar-refractivity contribution is 0.0520. The number of aromatic nitrogens is 1. The van der Waals surface area contributed by atoms with Crippen molar-refractivity contribution in [2.75, 3.05) is 6.54 Å². The van der Waals surface area contributed by atoms with Crippen molar-refractivity contribution >= 4 is 27.5 Å². The molecule has 1 unspecified atom stereocenters. The Hall–Kier alpha value is -2.90. The Labute approximate surface area is 146 Å². The van der Waals surface area contributed by atoms with Crippen LogP contribution in [0, 0.1) is 0 Å². The number of carbonyl (C=O) groups excluding carboxylic acids is 1. The zero-order valence-electron chi connectivity index (χ0n) is 13.0. The van der Waals surface area contributed by atoms with Crippen LogP contribution in [0.25, 0.3) is 10.2 Å². The van der Waals surface area contributed by atoms with Crippen LogP contribution in [0.3, 0.4) is 0 Å². The zero-order valence-corrected chi connectivity index (χ0v) is 13.8. The molecule has 3 aromatic heterocycles. The van der Waals surface area contributed by atoms with Crippen LogP contribution >= 0.6 is 11.3 Å². The fourth-order valence-electron chi connectivity index (χ4n) is 2.65. The molecule has 1 atom stereocenters. The molecule has 1 aromatic carbocycles. The van der Waals surface area contributed by atoms with Gasteiger partial charge in [-0.1, -0.05) is 0 Å². The third-order valence-electron chi connectivity index (χ3n) is 4.03. The summed E-state index contributed by atoms with van der Waals surface area (Å²) in [6, 6.07) is 10.3. The number of hydrogen-bond donors (Lipinski definition) is 2. The summed E-state index contributed by atoms with van der Waals surface area (Å²) >= 11 is 1.47. The lowest BCUT2D eigenvalue weighted by atomic mass is 9.93. The van der Waals surface area contributed by atoms with Crippen LogP contribution in [-0.4, -0.2) is 22.5 Å². The van der Waals surface area contributed by atoms with E-state index >= 15 is 0 Å². The molecule has 4 rings (SSSR count). The fraction of sp³-hybridized carbons (Fsp3) is 0.111. The molecule has 0 radical (unpaired) electrons. The molecular formula is C18H14N2O4S. The molecular weight excluding hydrogens is 340 g/mol. The number of hydrogen-bond acceptors (Lipinski definition) is 6.